The first-order valence-corrected chi connectivity index (χ1v) is 8.31. The second kappa shape index (κ2) is 6.63. The van der Waals surface area contributed by atoms with Crippen molar-refractivity contribution in [3.05, 3.63) is 69.7 Å². The Labute approximate surface area is 139 Å². The molecule has 2 aromatic carbocycles. The van der Waals surface area contributed by atoms with E-state index in [2.05, 4.69) is 27.3 Å². The molecule has 1 aliphatic rings. The normalized spacial score (nSPS) is 17.8. The van der Waals surface area contributed by atoms with Crippen molar-refractivity contribution in [2.24, 2.45) is 5.73 Å². The Morgan fingerprint density at radius 1 is 1.23 bits per heavy atom. The van der Waals surface area contributed by atoms with E-state index < -0.39 is 0 Å². The number of hydrogen-bond donors (Lipinski definition) is 2. The first-order chi connectivity index (χ1) is 10.6. The third-order valence-corrected chi connectivity index (χ3v) is 4.92. The molecule has 0 radical (unpaired) electrons. The molecule has 0 saturated heterocycles. The van der Waals surface area contributed by atoms with Crippen LogP contribution in [0.5, 0.6) is 0 Å². The van der Waals surface area contributed by atoms with E-state index in [1.165, 1.54) is 11.1 Å². The Balaban J connectivity index is 1.63. The lowest BCUT2D eigenvalue weighted by Crippen LogP contribution is -2.30. The van der Waals surface area contributed by atoms with Gasteiger partial charge in [0, 0.05) is 16.9 Å². The van der Waals surface area contributed by atoms with Crippen molar-refractivity contribution >= 4 is 21.8 Å². The fourth-order valence-corrected chi connectivity index (χ4v) is 3.61. The first kappa shape index (κ1) is 15.3. The quantitative estimate of drug-likeness (QED) is 0.876. The van der Waals surface area contributed by atoms with Gasteiger partial charge in [-0.2, -0.15) is 0 Å². The number of halogens is 1. The maximum atomic E-state index is 12.3. The summed E-state index contributed by atoms with van der Waals surface area (Å²) in [5.74, 6) is 0.00850. The molecular formula is C18H19BrN2O. The van der Waals surface area contributed by atoms with Crippen LogP contribution in [0.3, 0.4) is 0 Å². The Morgan fingerprint density at radius 2 is 2.00 bits per heavy atom. The largest absolute Gasteiger partial charge is 0.349 e. The summed E-state index contributed by atoms with van der Waals surface area (Å²) in [5, 5.41) is 3.12. The maximum Gasteiger partial charge on any atom is 0.222 e. The number of nitrogens with two attached hydrogens (primary N) is 1. The van der Waals surface area contributed by atoms with Crippen molar-refractivity contribution < 1.29 is 4.79 Å². The van der Waals surface area contributed by atoms with E-state index in [1.807, 2.05) is 42.5 Å². The average molecular weight is 359 g/mol. The second-order valence-corrected chi connectivity index (χ2v) is 6.54. The van der Waals surface area contributed by atoms with Crippen LogP contribution >= 0.6 is 15.9 Å². The van der Waals surface area contributed by atoms with Gasteiger partial charge in [-0.25, -0.2) is 0 Å². The van der Waals surface area contributed by atoms with Crippen molar-refractivity contribution in [1.29, 1.82) is 0 Å². The van der Waals surface area contributed by atoms with Crippen LogP contribution < -0.4 is 11.1 Å². The predicted molar refractivity (Wildman–Crippen MR) is 91.3 cm³/mol. The molecule has 4 heteroatoms. The molecule has 2 unspecified atom stereocenters. The Bertz CT molecular complexity index is 672. The minimum absolute atomic E-state index is 0.00850. The SMILES string of the molecule is NC(CC(=O)NC1CCc2c(Br)cccc21)c1ccccc1. The third kappa shape index (κ3) is 3.23. The van der Waals surface area contributed by atoms with Gasteiger partial charge in [0.1, 0.15) is 0 Å². The number of hydrogen-bond acceptors (Lipinski definition) is 2. The van der Waals surface area contributed by atoms with Crippen LogP contribution in [-0.4, -0.2) is 5.91 Å². The lowest BCUT2D eigenvalue weighted by atomic mass is 10.0. The molecule has 1 aliphatic carbocycles. The molecule has 2 atom stereocenters. The fraction of sp³-hybridized carbons (Fsp3) is 0.278. The van der Waals surface area contributed by atoms with Crippen LogP contribution in [0.15, 0.2) is 53.0 Å². The number of amides is 1. The fourth-order valence-electron chi connectivity index (χ4n) is 3.03. The second-order valence-electron chi connectivity index (χ2n) is 5.69. The highest BCUT2D eigenvalue weighted by molar-refractivity contribution is 9.10. The minimum atomic E-state index is -0.260. The molecule has 0 spiro atoms. The smallest absolute Gasteiger partial charge is 0.222 e. The lowest BCUT2D eigenvalue weighted by molar-refractivity contribution is -0.122. The Morgan fingerprint density at radius 3 is 2.77 bits per heavy atom. The summed E-state index contributed by atoms with van der Waals surface area (Å²) in [4.78, 5) is 12.3. The average Bonchev–Trinajstić information content (AvgIpc) is 2.92. The summed E-state index contributed by atoms with van der Waals surface area (Å²) in [6.45, 7) is 0. The number of benzene rings is 2. The molecule has 0 aliphatic heterocycles. The number of fused-ring (bicyclic) bond motifs is 1. The summed E-state index contributed by atoms with van der Waals surface area (Å²) in [6.07, 6.45) is 2.25. The first-order valence-electron chi connectivity index (χ1n) is 7.52. The van der Waals surface area contributed by atoms with Gasteiger partial charge in [0.2, 0.25) is 5.91 Å². The number of nitrogens with one attached hydrogen (secondary N) is 1. The molecule has 2 aromatic rings. The van der Waals surface area contributed by atoms with Crippen LogP contribution in [-0.2, 0) is 11.2 Å². The Kier molecular flexibility index (Phi) is 4.60. The zero-order chi connectivity index (χ0) is 15.5. The summed E-state index contributed by atoms with van der Waals surface area (Å²) in [5.41, 5.74) is 9.64. The molecule has 0 bridgehead atoms. The van der Waals surface area contributed by atoms with Crippen molar-refractivity contribution in [1.82, 2.24) is 5.32 Å². The molecule has 0 heterocycles. The Hall–Kier alpha value is -1.65. The van der Waals surface area contributed by atoms with Gasteiger partial charge in [-0.3, -0.25) is 4.79 Å². The topological polar surface area (TPSA) is 55.1 Å². The monoisotopic (exact) mass is 358 g/mol. The summed E-state index contributed by atoms with van der Waals surface area (Å²) >= 11 is 3.58. The highest BCUT2D eigenvalue weighted by Gasteiger charge is 2.25. The molecule has 3 N–H and O–H groups in total. The summed E-state index contributed by atoms with van der Waals surface area (Å²) in [7, 11) is 0. The molecular weight excluding hydrogens is 340 g/mol. The van der Waals surface area contributed by atoms with Crippen LogP contribution in [0, 0.1) is 0 Å². The van der Waals surface area contributed by atoms with Gasteiger partial charge < -0.3 is 11.1 Å². The summed E-state index contributed by atoms with van der Waals surface area (Å²) in [6, 6.07) is 15.7. The number of rotatable bonds is 4. The minimum Gasteiger partial charge on any atom is -0.349 e. The molecule has 0 aromatic heterocycles. The van der Waals surface area contributed by atoms with Crippen LogP contribution in [0.4, 0.5) is 0 Å². The molecule has 0 fully saturated rings. The van der Waals surface area contributed by atoms with E-state index in [1.54, 1.807) is 0 Å². The van der Waals surface area contributed by atoms with Crippen LogP contribution in [0.1, 0.15) is 41.6 Å². The van der Waals surface area contributed by atoms with E-state index in [0.29, 0.717) is 6.42 Å². The van der Waals surface area contributed by atoms with E-state index >= 15 is 0 Å². The van der Waals surface area contributed by atoms with Crippen molar-refractivity contribution in [2.45, 2.75) is 31.3 Å². The van der Waals surface area contributed by atoms with E-state index in [4.69, 9.17) is 5.73 Å². The molecule has 22 heavy (non-hydrogen) atoms. The third-order valence-electron chi connectivity index (χ3n) is 4.18. The zero-order valence-electron chi connectivity index (χ0n) is 12.3. The van der Waals surface area contributed by atoms with Crippen molar-refractivity contribution in [3.8, 4) is 0 Å². The van der Waals surface area contributed by atoms with Crippen LogP contribution in [0.25, 0.3) is 0 Å². The van der Waals surface area contributed by atoms with Gasteiger partial charge in [0.15, 0.2) is 0 Å². The van der Waals surface area contributed by atoms with Gasteiger partial charge in [-0.15, -0.1) is 0 Å². The standard InChI is InChI=1S/C18H19BrN2O/c19-15-8-4-7-14-13(15)9-10-17(14)21-18(22)11-16(20)12-5-2-1-3-6-12/h1-8,16-17H,9-11,20H2,(H,21,22). The van der Waals surface area contributed by atoms with E-state index in [9.17, 15) is 4.79 Å². The highest BCUT2D eigenvalue weighted by atomic mass is 79.9. The molecule has 1 amide bonds. The summed E-state index contributed by atoms with van der Waals surface area (Å²) < 4.78 is 1.13. The predicted octanol–water partition coefficient (Wildman–Crippen LogP) is 3.64. The zero-order valence-corrected chi connectivity index (χ0v) is 13.8. The van der Waals surface area contributed by atoms with Crippen molar-refractivity contribution in [2.75, 3.05) is 0 Å². The van der Waals surface area contributed by atoms with Crippen LogP contribution in [0.2, 0.25) is 0 Å². The highest BCUT2D eigenvalue weighted by Crippen LogP contribution is 2.35. The van der Waals surface area contributed by atoms with Gasteiger partial charge in [0.25, 0.3) is 0 Å². The molecule has 0 saturated carbocycles. The molecule has 114 valence electrons. The van der Waals surface area contributed by atoms with Gasteiger partial charge in [-0.1, -0.05) is 58.4 Å². The lowest BCUT2D eigenvalue weighted by Gasteiger charge is -2.17. The van der Waals surface area contributed by atoms with Crippen molar-refractivity contribution in [3.63, 3.8) is 0 Å². The van der Waals surface area contributed by atoms with E-state index in [0.717, 1.165) is 22.9 Å². The molecule has 3 nitrogen and oxygen atoms in total. The van der Waals surface area contributed by atoms with Gasteiger partial charge >= 0.3 is 0 Å². The maximum absolute atomic E-state index is 12.3. The molecule has 3 rings (SSSR count). The van der Waals surface area contributed by atoms with E-state index in [-0.39, 0.29) is 18.0 Å². The number of carbonyl (C=O) groups excluding carboxylic acids is 1. The van der Waals surface area contributed by atoms with Gasteiger partial charge in [-0.05, 0) is 35.6 Å². The number of carbonyl (C=O) groups is 1. The van der Waals surface area contributed by atoms with Gasteiger partial charge in [0.05, 0.1) is 6.04 Å².